The molecule has 0 radical (unpaired) electrons. The van der Waals surface area contributed by atoms with Crippen molar-refractivity contribution in [3.63, 3.8) is 0 Å². The highest BCUT2D eigenvalue weighted by Crippen LogP contribution is 2.19. The fraction of sp³-hybridized carbons (Fsp3) is 0.695. The number of benzene rings is 2. The minimum absolute atomic E-state index is 0.0578. The average Bonchev–Trinajstić information content (AvgIpc) is 1.24. The van der Waals surface area contributed by atoms with Gasteiger partial charge in [0, 0.05) is 38.2 Å². The van der Waals surface area contributed by atoms with Gasteiger partial charge in [-0.25, -0.2) is 9.59 Å². The summed E-state index contributed by atoms with van der Waals surface area (Å²) in [5.74, 6) is 0.118. The monoisotopic (exact) mass is 1320 g/mol. The molecule has 0 aliphatic carbocycles. The number of thioether (sulfide) groups is 1. The average molecular weight is 1330 g/mol. The SMILES string of the molecule is CCCCCC/C=C\COC(=O)CCCCCCCCCCCCCc1cccc(C(=O)OC/C=C\CCCCCC)c1.CCCCCC/C=C\COC(=O)CCCCCCCN(CCCCCc1cccc(C(=O)OC/C=C\CCCCCC)c1)C(=O)SCCN(C)C. The zero-order chi connectivity index (χ0) is 68.3. The molecule has 0 fully saturated rings. The number of carbonyl (C=O) groups is 5. The van der Waals surface area contributed by atoms with Gasteiger partial charge in [-0.2, -0.15) is 0 Å². The van der Waals surface area contributed by atoms with Gasteiger partial charge in [0.1, 0.15) is 26.4 Å². The van der Waals surface area contributed by atoms with Gasteiger partial charge in [-0.3, -0.25) is 14.4 Å². The van der Waals surface area contributed by atoms with Crippen LogP contribution in [0.3, 0.4) is 0 Å². The molecule has 2 aromatic carbocycles. The zero-order valence-corrected chi connectivity index (χ0v) is 61.6. The largest absolute Gasteiger partial charge is 0.461 e. The summed E-state index contributed by atoms with van der Waals surface area (Å²) in [6.07, 6.45) is 65.0. The van der Waals surface area contributed by atoms with Crippen molar-refractivity contribution in [2.75, 3.05) is 65.9 Å². The number of hydrogen-bond acceptors (Lipinski definition) is 11. The first-order chi connectivity index (χ1) is 46.0. The number of esters is 4. The molecule has 0 aliphatic heterocycles. The van der Waals surface area contributed by atoms with Crippen molar-refractivity contribution in [2.45, 2.75) is 304 Å². The quantitative estimate of drug-likeness (QED) is 0.0272. The molecule has 0 saturated heterocycles. The first kappa shape index (κ1) is 87.1. The van der Waals surface area contributed by atoms with Gasteiger partial charge in [-0.15, -0.1) is 0 Å². The van der Waals surface area contributed by atoms with Crippen LogP contribution in [0.5, 0.6) is 0 Å². The topological polar surface area (TPSA) is 129 Å². The number of rotatable bonds is 61. The summed E-state index contributed by atoms with van der Waals surface area (Å²) in [6.45, 7) is 12.8. The van der Waals surface area contributed by atoms with Crippen molar-refractivity contribution < 1.29 is 42.9 Å². The van der Waals surface area contributed by atoms with E-state index in [1.165, 1.54) is 171 Å². The maximum absolute atomic E-state index is 13.1. The van der Waals surface area contributed by atoms with Gasteiger partial charge in [0.25, 0.3) is 5.24 Å². The van der Waals surface area contributed by atoms with Crippen LogP contribution in [0.25, 0.3) is 0 Å². The number of amides is 1. The number of nitrogens with zero attached hydrogens (tertiary/aromatic N) is 2. The molecule has 0 spiro atoms. The standard InChI is InChI=1S/C43H72N2O5S.C39H64O4/c1-5-7-9-11-13-18-25-35-49-41(46)31-22-16-15-17-23-32-45(43(48)51-37-34-44(3)4)33-24-20-21-28-39-29-27-30-40(38-39)42(47)50-36-26-19-14-12-10-8-6-2;1-3-5-7-9-18-22-26-33-42-38(40)32-25-21-17-15-13-11-12-14-16-20-24-29-36-30-28-31-37(35-36)39(41)43-34-27-23-19-10-8-6-4-2/h18-19,25-27,29-30,38H,5-17,20-24,28,31-37H2,1-4H3;22-23,26-28,30-31,35H,3-21,24-25,29,32-34H2,1-2H3/b25-18-,26-19-;26-22-,27-23-. The molecular weight excluding hydrogens is 1190 g/mol. The molecule has 0 aromatic heterocycles. The normalized spacial score (nSPS) is 11.5. The van der Waals surface area contributed by atoms with Crippen LogP contribution >= 0.6 is 11.8 Å². The molecule has 0 aliphatic rings. The summed E-state index contributed by atoms with van der Waals surface area (Å²) >= 11 is 1.42. The van der Waals surface area contributed by atoms with Crippen LogP contribution in [-0.2, 0) is 41.4 Å². The highest BCUT2D eigenvalue weighted by atomic mass is 32.2. The van der Waals surface area contributed by atoms with E-state index in [1.807, 2.05) is 79.7 Å². The minimum Gasteiger partial charge on any atom is -0.461 e. The van der Waals surface area contributed by atoms with Gasteiger partial charge in [-0.1, -0.05) is 273 Å². The Morgan fingerprint density at radius 1 is 0.362 bits per heavy atom. The van der Waals surface area contributed by atoms with E-state index < -0.39 is 0 Å². The van der Waals surface area contributed by atoms with Gasteiger partial charge in [-0.05, 0) is 152 Å². The lowest BCUT2D eigenvalue weighted by Gasteiger charge is -2.22. The molecule has 11 nitrogen and oxygen atoms in total. The summed E-state index contributed by atoms with van der Waals surface area (Å²) in [4.78, 5) is 66.0. The third-order valence-electron chi connectivity index (χ3n) is 16.8. The number of ether oxygens (including phenoxy) is 4. The first-order valence-electron chi connectivity index (χ1n) is 38.0. The van der Waals surface area contributed by atoms with Crippen molar-refractivity contribution in [1.29, 1.82) is 0 Å². The van der Waals surface area contributed by atoms with Crippen LogP contribution in [0.15, 0.2) is 97.1 Å². The molecule has 1 amide bonds. The molecule has 2 aromatic rings. The molecule has 0 N–H and O–H groups in total. The number of unbranched alkanes of at least 4 members (excludes halogenated alkanes) is 32. The predicted molar refractivity (Wildman–Crippen MR) is 399 cm³/mol. The Morgan fingerprint density at radius 3 is 1.04 bits per heavy atom. The smallest absolute Gasteiger partial charge is 0.338 e. The van der Waals surface area contributed by atoms with Crippen LogP contribution in [0.2, 0.25) is 0 Å². The lowest BCUT2D eigenvalue weighted by atomic mass is 10.0. The predicted octanol–water partition coefficient (Wildman–Crippen LogP) is 22.9. The molecule has 534 valence electrons. The number of aryl methyl sites for hydroxylation is 2. The van der Waals surface area contributed by atoms with Crippen LogP contribution in [-0.4, -0.2) is 105 Å². The fourth-order valence-electron chi connectivity index (χ4n) is 10.8. The molecule has 2 rings (SSSR count). The van der Waals surface area contributed by atoms with Crippen molar-refractivity contribution in [3.05, 3.63) is 119 Å². The van der Waals surface area contributed by atoms with E-state index in [4.69, 9.17) is 18.9 Å². The van der Waals surface area contributed by atoms with Gasteiger partial charge in [0.2, 0.25) is 0 Å². The minimum atomic E-state index is -0.275. The van der Waals surface area contributed by atoms with Crippen LogP contribution in [0, 0.1) is 0 Å². The van der Waals surface area contributed by atoms with Gasteiger partial charge >= 0.3 is 23.9 Å². The van der Waals surface area contributed by atoms with Crippen LogP contribution < -0.4 is 0 Å². The highest BCUT2D eigenvalue weighted by molar-refractivity contribution is 8.13. The summed E-state index contributed by atoms with van der Waals surface area (Å²) in [5, 5.41) is 0.173. The third kappa shape index (κ3) is 56.3. The van der Waals surface area contributed by atoms with Gasteiger partial charge < -0.3 is 28.7 Å². The molecule has 0 saturated carbocycles. The number of hydrogen-bond donors (Lipinski definition) is 0. The molecule has 0 unspecified atom stereocenters. The van der Waals surface area contributed by atoms with Crippen LogP contribution in [0.4, 0.5) is 4.79 Å². The Bertz CT molecular complexity index is 2260. The van der Waals surface area contributed by atoms with Crippen molar-refractivity contribution >= 4 is 40.9 Å². The fourth-order valence-corrected chi connectivity index (χ4v) is 11.8. The third-order valence-corrected chi connectivity index (χ3v) is 17.7. The summed E-state index contributed by atoms with van der Waals surface area (Å²) in [6, 6.07) is 15.7. The molecule has 94 heavy (non-hydrogen) atoms. The second kappa shape index (κ2) is 66.7. The number of carbonyl (C=O) groups excluding carboxylic acids is 5. The maximum Gasteiger partial charge on any atom is 0.338 e. The maximum atomic E-state index is 13.1. The lowest BCUT2D eigenvalue weighted by molar-refractivity contribution is -0.143. The lowest BCUT2D eigenvalue weighted by Crippen LogP contribution is -2.30. The molecule has 0 atom stereocenters. The Balaban J connectivity index is 0.000000954. The molecule has 0 heterocycles. The van der Waals surface area contributed by atoms with E-state index in [0.717, 1.165) is 140 Å². The first-order valence-corrected chi connectivity index (χ1v) is 39.0. The second-order valence-electron chi connectivity index (χ2n) is 25.9. The van der Waals surface area contributed by atoms with Gasteiger partial charge in [0.15, 0.2) is 0 Å². The van der Waals surface area contributed by atoms with E-state index in [0.29, 0.717) is 50.4 Å². The van der Waals surface area contributed by atoms with E-state index in [2.05, 4.69) is 69.0 Å². The van der Waals surface area contributed by atoms with E-state index in [-0.39, 0.29) is 29.1 Å². The van der Waals surface area contributed by atoms with E-state index in [9.17, 15) is 24.0 Å². The molecular formula is C82H136N2O9S. The van der Waals surface area contributed by atoms with Crippen LogP contribution in [0.1, 0.15) is 323 Å². The zero-order valence-electron chi connectivity index (χ0n) is 60.8. The van der Waals surface area contributed by atoms with Crippen molar-refractivity contribution in [1.82, 2.24) is 9.80 Å². The summed E-state index contributed by atoms with van der Waals surface area (Å²) < 4.78 is 21.5. The number of allylic oxidation sites excluding steroid dienone is 4. The molecule has 12 heteroatoms. The van der Waals surface area contributed by atoms with E-state index >= 15 is 0 Å². The Morgan fingerprint density at radius 2 is 0.681 bits per heavy atom. The Hall–Kier alpha value is -4.94. The Kier molecular flexibility index (Phi) is 61.8. The Labute approximate surface area is 579 Å². The summed E-state index contributed by atoms with van der Waals surface area (Å²) in [7, 11) is 4.06. The molecule has 0 bridgehead atoms. The second-order valence-corrected chi connectivity index (χ2v) is 26.9. The summed E-state index contributed by atoms with van der Waals surface area (Å²) in [5.41, 5.74) is 3.62. The highest BCUT2D eigenvalue weighted by Gasteiger charge is 2.15. The van der Waals surface area contributed by atoms with Crippen molar-refractivity contribution in [3.8, 4) is 0 Å². The van der Waals surface area contributed by atoms with Gasteiger partial charge in [0.05, 0.1) is 11.1 Å². The van der Waals surface area contributed by atoms with Crippen molar-refractivity contribution in [2.24, 2.45) is 0 Å². The van der Waals surface area contributed by atoms with E-state index in [1.54, 1.807) is 0 Å².